The van der Waals surface area contributed by atoms with Crippen molar-refractivity contribution in [3.05, 3.63) is 112 Å². The lowest BCUT2D eigenvalue weighted by atomic mass is 9.93. The Kier molecular flexibility index (Phi) is 5.95. The Morgan fingerprint density at radius 2 is 1.53 bits per heavy atom. The van der Waals surface area contributed by atoms with Crippen LogP contribution >= 0.6 is 0 Å². The first-order chi connectivity index (χ1) is 15.4. The maximum absolute atomic E-state index is 13.1. The molecule has 1 unspecified atom stereocenters. The fourth-order valence-electron chi connectivity index (χ4n) is 4.10. The van der Waals surface area contributed by atoms with Crippen LogP contribution in [0.3, 0.4) is 0 Å². The topological polar surface area (TPSA) is 57.6 Å². The van der Waals surface area contributed by atoms with Crippen LogP contribution in [0.1, 0.15) is 53.6 Å². The molecule has 1 atom stereocenters. The molecular formula is C28H27NO3. The van der Waals surface area contributed by atoms with Gasteiger partial charge in [0.1, 0.15) is 5.76 Å². The smallest absolute Gasteiger partial charge is 0.295 e. The first-order valence-corrected chi connectivity index (χ1v) is 10.9. The summed E-state index contributed by atoms with van der Waals surface area (Å²) in [5.41, 5.74) is 4.61. The van der Waals surface area contributed by atoms with Crippen molar-refractivity contribution in [2.45, 2.75) is 39.3 Å². The number of likely N-dealkylation sites (tertiary alicyclic amines) is 1. The first-order valence-electron chi connectivity index (χ1n) is 10.9. The van der Waals surface area contributed by atoms with Crippen molar-refractivity contribution in [1.29, 1.82) is 0 Å². The molecule has 1 saturated heterocycles. The Bertz CT molecular complexity index is 1160. The molecule has 1 amide bonds. The number of carbonyl (C=O) groups is 2. The lowest BCUT2D eigenvalue weighted by Crippen LogP contribution is -2.29. The van der Waals surface area contributed by atoms with Crippen LogP contribution in [0.2, 0.25) is 0 Å². The summed E-state index contributed by atoms with van der Waals surface area (Å²) in [7, 11) is 0. The van der Waals surface area contributed by atoms with E-state index in [0.717, 1.165) is 16.7 Å². The molecule has 32 heavy (non-hydrogen) atoms. The quantitative estimate of drug-likeness (QED) is 0.322. The van der Waals surface area contributed by atoms with Crippen LogP contribution in [0.15, 0.2) is 84.4 Å². The molecular weight excluding hydrogens is 398 g/mol. The van der Waals surface area contributed by atoms with E-state index in [-0.39, 0.29) is 17.9 Å². The van der Waals surface area contributed by atoms with Crippen molar-refractivity contribution in [2.24, 2.45) is 0 Å². The van der Waals surface area contributed by atoms with Crippen molar-refractivity contribution in [1.82, 2.24) is 4.90 Å². The van der Waals surface area contributed by atoms with Gasteiger partial charge in [-0.05, 0) is 29.5 Å². The lowest BCUT2D eigenvalue weighted by Gasteiger charge is -2.26. The normalized spacial score (nSPS) is 17.9. The summed E-state index contributed by atoms with van der Waals surface area (Å²) in [5, 5.41) is 11.1. The molecule has 1 aliphatic rings. The summed E-state index contributed by atoms with van der Waals surface area (Å²) in [6, 6.07) is 24.2. The standard InChI is InChI=1S/C28H27NO3/c1-18(2)21-13-15-22(16-14-21)25-24(26(30)23-11-9-19(3)10-12-23)27(31)28(32)29(25)17-20-7-5-4-6-8-20/h4-16,18,25,30H,17H2,1-3H3. The minimum Gasteiger partial charge on any atom is -0.507 e. The molecule has 0 aromatic heterocycles. The molecule has 4 nitrogen and oxygen atoms in total. The van der Waals surface area contributed by atoms with Crippen LogP contribution in [0.5, 0.6) is 0 Å². The Morgan fingerprint density at radius 3 is 2.12 bits per heavy atom. The second-order valence-corrected chi connectivity index (χ2v) is 8.60. The van der Waals surface area contributed by atoms with Crippen molar-refractivity contribution in [2.75, 3.05) is 0 Å². The number of rotatable bonds is 5. The summed E-state index contributed by atoms with van der Waals surface area (Å²) >= 11 is 0. The maximum atomic E-state index is 13.1. The number of benzene rings is 3. The van der Waals surface area contributed by atoms with Gasteiger partial charge in [0, 0.05) is 12.1 Å². The Balaban J connectivity index is 1.84. The van der Waals surface area contributed by atoms with E-state index in [1.165, 1.54) is 5.56 Å². The highest BCUT2D eigenvalue weighted by molar-refractivity contribution is 6.46. The average molecular weight is 426 g/mol. The number of ketones is 1. The molecule has 4 rings (SSSR count). The SMILES string of the molecule is Cc1ccc(C(O)=C2C(=O)C(=O)N(Cc3ccccc3)C2c2ccc(C(C)C)cc2)cc1. The van der Waals surface area contributed by atoms with E-state index in [0.29, 0.717) is 11.5 Å². The number of aliphatic hydroxyl groups excluding tert-OH is 1. The van der Waals surface area contributed by atoms with Gasteiger partial charge in [-0.2, -0.15) is 0 Å². The number of nitrogens with zero attached hydrogens (tertiary/aromatic N) is 1. The number of amides is 1. The molecule has 162 valence electrons. The zero-order valence-corrected chi connectivity index (χ0v) is 18.6. The minimum atomic E-state index is -0.656. The van der Waals surface area contributed by atoms with Crippen molar-refractivity contribution < 1.29 is 14.7 Å². The maximum Gasteiger partial charge on any atom is 0.295 e. The fraction of sp³-hybridized carbons (Fsp3) is 0.214. The van der Waals surface area contributed by atoms with Gasteiger partial charge in [0.25, 0.3) is 11.7 Å². The zero-order valence-electron chi connectivity index (χ0n) is 18.6. The molecule has 3 aromatic carbocycles. The molecule has 1 aliphatic heterocycles. The first kappa shape index (κ1) is 21.6. The predicted octanol–water partition coefficient (Wildman–Crippen LogP) is 5.74. The second kappa shape index (κ2) is 8.83. The molecule has 1 heterocycles. The van der Waals surface area contributed by atoms with Crippen LogP contribution in [0.25, 0.3) is 5.76 Å². The van der Waals surface area contributed by atoms with Crippen molar-refractivity contribution in [3.8, 4) is 0 Å². The molecule has 4 heteroatoms. The Morgan fingerprint density at radius 1 is 0.906 bits per heavy atom. The van der Waals surface area contributed by atoms with E-state index in [9.17, 15) is 14.7 Å². The Hall–Kier alpha value is -3.66. The van der Waals surface area contributed by atoms with E-state index in [1.807, 2.05) is 73.7 Å². The van der Waals surface area contributed by atoms with E-state index in [1.54, 1.807) is 17.0 Å². The van der Waals surface area contributed by atoms with Gasteiger partial charge in [0.15, 0.2) is 0 Å². The van der Waals surface area contributed by atoms with E-state index in [2.05, 4.69) is 13.8 Å². The van der Waals surface area contributed by atoms with Crippen LogP contribution in [-0.4, -0.2) is 21.7 Å². The van der Waals surface area contributed by atoms with Gasteiger partial charge < -0.3 is 10.0 Å². The number of aliphatic hydroxyl groups is 1. The number of Topliss-reactive ketones (excluding diaryl/α,β-unsaturated/α-hetero) is 1. The summed E-state index contributed by atoms with van der Waals surface area (Å²) in [5.74, 6) is -1.03. The van der Waals surface area contributed by atoms with E-state index in [4.69, 9.17) is 0 Å². The summed E-state index contributed by atoms with van der Waals surface area (Å²) in [6.45, 7) is 6.48. The number of hydrogen-bond acceptors (Lipinski definition) is 3. The third kappa shape index (κ3) is 4.09. The second-order valence-electron chi connectivity index (χ2n) is 8.60. The van der Waals surface area contributed by atoms with Gasteiger partial charge in [0.05, 0.1) is 11.6 Å². The summed E-state index contributed by atoms with van der Waals surface area (Å²) in [6.07, 6.45) is 0. The molecule has 0 saturated carbocycles. The van der Waals surface area contributed by atoms with Gasteiger partial charge in [-0.3, -0.25) is 9.59 Å². The lowest BCUT2D eigenvalue weighted by molar-refractivity contribution is -0.140. The highest BCUT2D eigenvalue weighted by atomic mass is 16.3. The monoisotopic (exact) mass is 425 g/mol. The zero-order chi connectivity index (χ0) is 22.8. The van der Waals surface area contributed by atoms with E-state index >= 15 is 0 Å². The fourth-order valence-corrected chi connectivity index (χ4v) is 4.10. The highest BCUT2D eigenvalue weighted by Gasteiger charge is 2.46. The van der Waals surface area contributed by atoms with Crippen molar-refractivity contribution >= 4 is 17.4 Å². The number of hydrogen-bond donors (Lipinski definition) is 1. The third-order valence-electron chi connectivity index (χ3n) is 5.98. The molecule has 0 spiro atoms. The Labute approximate surface area is 188 Å². The average Bonchev–Trinajstić information content (AvgIpc) is 3.05. The third-order valence-corrected chi connectivity index (χ3v) is 5.98. The van der Waals surface area contributed by atoms with Gasteiger partial charge >= 0.3 is 0 Å². The summed E-state index contributed by atoms with van der Waals surface area (Å²) in [4.78, 5) is 27.8. The molecule has 3 aromatic rings. The van der Waals surface area contributed by atoms with Crippen molar-refractivity contribution in [3.63, 3.8) is 0 Å². The molecule has 1 fully saturated rings. The van der Waals surface area contributed by atoms with Crippen LogP contribution in [-0.2, 0) is 16.1 Å². The molecule has 0 bridgehead atoms. The van der Waals surface area contributed by atoms with Gasteiger partial charge in [-0.15, -0.1) is 0 Å². The molecule has 1 N–H and O–H groups in total. The largest absolute Gasteiger partial charge is 0.507 e. The summed E-state index contributed by atoms with van der Waals surface area (Å²) < 4.78 is 0. The van der Waals surface area contributed by atoms with Crippen LogP contribution in [0.4, 0.5) is 0 Å². The van der Waals surface area contributed by atoms with E-state index < -0.39 is 17.7 Å². The minimum absolute atomic E-state index is 0.132. The van der Waals surface area contributed by atoms with Gasteiger partial charge in [0.2, 0.25) is 0 Å². The molecule has 0 aliphatic carbocycles. The van der Waals surface area contributed by atoms with Gasteiger partial charge in [-0.1, -0.05) is 98.3 Å². The number of carbonyl (C=O) groups excluding carboxylic acids is 2. The van der Waals surface area contributed by atoms with Crippen LogP contribution < -0.4 is 0 Å². The number of aryl methyl sites for hydroxylation is 1. The van der Waals surface area contributed by atoms with Gasteiger partial charge in [-0.25, -0.2) is 0 Å². The highest BCUT2D eigenvalue weighted by Crippen LogP contribution is 2.40. The molecule has 0 radical (unpaired) electrons. The van der Waals surface area contributed by atoms with Crippen LogP contribution in [0, 0.1) is 6.92 Å². The predicted molar refractivity (Wildman–Crippen MR) is 126 cm³/mol.